The number of aliphatic hydroxyl groups is 2. The van der Waals surface area contributed by atoms with Crippen LogP contribution in [-0.2, 0) is 0 Å². The molecule has 0 aromatic heterocycles. The minimum absolute atomic E-state index is 0.333. The summed E-state index contributed by atoms with van der Waals surface area (Å²) in [5.74, 6) is 1.76. The van der Waals surface area contributed by atoms with Crippen molar-refractivity contribution in [1.82, 2.24) is 0 Å². The first-order chi connectivity index (χ1) is 20.8. The number of aliphatic hydroxyl groups excluding tert-OH is 2. The van der Waals surface area contributed by atoms with Gasteiger partial charge in [-0.05, 0) is 74.2 Å². The molecule has 0 atom stereocenters. The van der Waals surface area contributed by atoms with Crippen LogP contribution in [0.4, 0.5) is 11.4 Å². The van der Waals surface area contributed by atoms with E-state index in [0.717, 1.165) is 74.6 Å². The van der Waals surface area contributed by atoms with Gasteiger partial charge in [-0.25, -0.2) is 0 Å². The Morgan fingerprint density at radius 2 is 0.619 bits per heavy atom. The molecule has 6 nitrogen and oxygen atoms in total. The highest BCUT2D eigenvalue weighted by Gasteiger charge is 1.99. The quantitative estimate of drug-likeness (QED) is 0.0772. The van der Waals surface area contributed by atoms with Gasteiger partial charge in [0.1, 0.15) is 11.5 Å². The maximum atomic E-state index is 8.80. The summed E-state index contributed by atoms with van der Waals surface area (Å²) in [7, 11) is 0. The summed E-state index contributed by atoms with van der Waals surface area (Å²) in [6.45, 7) is 2.17. The van der Waals surface area contributed by atoms with E-state index in [1.54, 1.807) is 0 Å². The maximum absolute atomic E-state index is 8.80. The number of hydrogen-bond acceptors (Lipinski definition) is 6. The normalized spacial score (nSPS) is 11.4. The zero-order valence-corrected chi connectivity index (χ0v) is 26.2. The predicted molar refractivity (Wildman–Crippen MR) is 175 cm³/mol. The van der Waals surface area contributed by atoms with Crippen LogP contribution >= 0.6 is 0 Å². The molecule has 0 aliphatic heterocycles. The van der Waals surface area contributed by atoms with E-state index in [1.807, 2.05) is 48.5 Å². The van der Waals surface area contributed by atoms with Crippen LogP contribution in [0.15, 0.2) is 58.8 Å². The molecule has 0 saturated carbocycles. The van der Waals surface area contributed by atoms with Crippen molar-refractivity contribution >= 4 is 11.4 Å². The molecule has 0 fully saturated rings. The SMILES string of the molecule is OCCCCCCCCCCCCOc1ccc(N=Nc2ccc(OCCCCCCCCCCCCO)cc2)cc1. The van der Waals surface area contributed by atoms with Gasteiger partial charge in [-0.1, -0.05) is 103 Å². The molecule has 2 N–H and O–H groups in total. The molecular formula is C36H58N2O4. The Hall–Kier alpha value is -2.44. The van der Waals surface area contributed by atoms with Crippen molar-refractivity contribution in [3.8, 4) is 11.5 Å². The van der Waals surface area contributed by atoms with Gasteiger partial charge in [0, 0.05) is 13.2 Å². The van der Waals surface area contributed by atoms with Gasteiger partial charge in [-0.3, -0.25) is 0 Å². The molecule has 42 heavy (non-hydrogen) atoms. The average molecular weight is 583 g/mol. The van der Waals surface area contributed by atoms with Gasteiger partial charge < -0.3 is 19.7 Å². The van der Waals surface area contributed by atoms with Crippen LogP contribution in [-0.4, -0.2) is 36.6 Å². The second kappa shape index (κ2) is 26.2. The summed E-state index contributed by atoms with van der Waals surface area (Å²) in [5, 5.41) is 26.3. The number of unbranched alkanes of at least 4 members (excludes halogenated alkanes) is 18. The Bertz CT molecular complexity index is 813. The molecule has 0 unspecified atom stereocenters. The van der Waals surface area contributed by atoms with E-state index in [-0.39, 0.29) is 0 Å². The van der Waals surface area contributed by atoms with Crippen molar-refractivity contribution in [2.45, 2.75) is 128 Å². The molecule has 0 aliphatic rings. The lowest BCUT2D eigenvalue weighted by atomic mass is 10.1. The number of hydrogen-bond donors (Lipinski definition) is 2. The van der Waals surface area contributed by atoms with Crippen LogP contribution in [0.1, 0.15) is 128 Å². The summed E-state index contributed by atoms with van der Waals surface area (Å²) < 4.78 is 11.8. The summed E-state index contributed by atoms with van der Waals surface area (Å²) in [6, 6.07) is 15.6. The molecule has 0 spiro atoms. The Labute approximate surface area is 256 Å². The van der Waals surface area contributed by atoms with Crippen molar-refractivity contribution in [3.05, 3.63) is 48.5 Å². The molecule has 2 aromatic rings. The molecule has 2 rings (SSSR count). The fourth-order valence-electron chi connectivity index (χ4n) is 4.97. The minimum Gasteiger partial charge on any atom is -0.494 e. The van der Waals surface area contributed by atoms with E-state index in [4.69, 9.17) is 19.7 Å². The van der Waals surface area contributed by atoms with E-state index in [0.29, 0.717) is 13.2 Å². The first-order valence-corrected chi connectivity index (χ1v) is 16.9. The van der Waals surface area contributed by atoms with Crippen LogP contribution in [0, 0.1) is 0 Å². The third kappa shape index (κ3) is 19.6. The number of nitrogens with zero attached hydrogens (tertiary/aromatic N) is 2. The second-order valence-corrected chi connectivity index (χ2v) is 11.4. The number of benzene rings is 2. The van der Waals surface area contributed by atoms with Gasteiger partial charge in [0.25, 0.3) is 0 Å². The van der Waals surface area contributed by atoms with E-state index in [1.165, 1.54) is 89.9 Å². The zero-order chi connectivity index (χ0) is 29.8. The smallest absolute Gasteiger partial charge is 0.119 e. The minimum atomic E-state index is 0.333. The van der Waals surface area contributed by atoms with Crippen LogP contribution in [0.3, 0.4) is 0 Å². The third-order valence-corrected chi connectivity index (χ3v) is 7.60. The summed E-state index contributed by atoms with van der Waals surface area (Å²) in [5.41, 5.74) is 1.61. The lowest BCUT2D eigenvalue weighted by Crippen LogP contribution is -1.97. The van der Waals surface area contributed by atoms with Crippen LogP contribution in [0.25, 0.3) is 0 Å². The number of azo groups is 1. The number of ether oxygens (including phenoxy) is 2. The van der Waals surface area contributed by atoms with Gasteiger partial charge in [0.15, 0.2) is 0 Å². The standard InChI is InChI=1S/C36H58N2O4/c39-29-17-13-9-5-1-3-7-11-15-19-31-41-35-25-21-33(22-26-35)37-38-34-23-27-36(28-24-34)42-32-20-16-12-8-4-2-6-10-14-18-30-40/h21-28,39-40H,1-20,29-32H2. The Morgan fingerprint density at radius 3 is 0.905 bits per heavy atom. The van der Waals surface area contributed by atoms with Crippen LogP contribution < -0.4 is 9.47 Å². The molecule has 2 aromatic carbocycles. The van der Waals surface area contributed by atoms with Gasteiger partial charge in [0.2, 0.25) is 0 Å². The Balaban J connectivity index is 1.48. The number of rotatable bonds is 28. The van der Waals surface area contributed by atoms with E-state index < -0.39 is 0 Å². The van der Waals surface area contributed by atoms with Crippen LogP contribution in [0.2, 0.25) is 0 Å². The fraction of sp³-hybridized carbons (Fsp3) is 0.667. The molecule has 236 valence electrons. The molecular weight excluding hydrogens is 524 g/mol. The Morgan fingerprint density at radius 1 is 0.357 bits per heavy atom. The predicted octanol–water partition coefficient (Wildman–Crippen LogP) is 10.6. The molecule has 0 saturated heterocycles. The van der Waals surface area contributed by atoms with Gasteiger partial charge in [0.05, 0.1) is 24.6 Å². The topological polar surface area (TPSA) is 83.6 Å². The summed E-state index contributed by atoms with van der Waals surface area (Å²) >= 11 is 0. The van der Waals surface area contributed by atoms with Crippen LogP contribution in [0.5, 0.6) is 11.5 Å². The third-order valence-electron chi connectivity index (χ3n) is 7.60. The van der Waals surface area contributed by atoms with E-state index in [2.05, 4.69) is 10.2 Å². The largest absolute Gasteiger partial charge is 0.494 e. The highest BCUT2D eigenvalue weighted by Crippen LogP contribution is 2.23. The van der Waals surface area contributed by atoms with Crippen molar-refractivity contribution in [2.24, 2.45) is 10.2 Å². The summed E-state index contributed by atoms with van der Waals surface area (Å²) in [6.07, 6.45) is 24.4. The Kier molecular flexibility index (Phi) is 22.3. The molecule has 0 aliphatic carbocycles. The first-order valence-electron chi connectivity index (χ1n) is 16.9. The second-order valence-electron chi connectivity index (χ2n) is 11.4. The molecule has 0 heterocycles. The lowest BCUT2D eigenvalue weighted by Gasteiger charge is -2.07. The highest BCUT2D eigenvalue weighted by molar-refractivity contribution is 5.44. The van der Waals surface area contributed by atoms with Crippen molar-refractivity contribution in [3.63, 3.8) is 0 Å². The van der Waals surface area contributed by atoms with Gasteiger partial charge >= 0.3 is 0 Å². The molecule has 0 amide bonds. The van der Waals surface area contributed by atoms with Gasteiger partial charge in [-0.2, -0.15) is 10.2 Å². The zero-order valence-electron chi connectivity index (χ0n) is 26.2. The van der Waals surface area contributed by atoms with E-state index in [9.17, 15) is 0 Å². The lowest BCUT2D eigenvalue weighted by molar-refractivity contribution is 0.282. The maximum Gasteiger partial charge on any atom is 0.119 e. The molecule has 6 heteroatoms. The molecule has 0 radical (unpaired) electrons. The highest BCUT2D eigenvalue weighted by atomic mass is 16.5. The van der Waals surface area contributed by atoms with Crippen molar-refractivity contribution in [1.29, 1.82) is 0 Å². The van der Waals surface area contributed by atoms with E-state index >= 15 is 0 Å². The fourth-order valence-corrected chi connectivity index (χ4v) is 4.97. The monoisotopic (exact) mass is 582 g/mol. The first kappa shape index (κ1) is 35.8. The van der Waals surface area contributed by atoms with Crippen molar-refractivity contribution < 1.29 is 19.7 Å². The molecule has 0 bridgehead atoms. The van der Waals surface area contributed by atoms with Crippen molar-refractivity contribution in [2.75, 3.05) is 26.4 Å². The summed E-state index contributed by atoms with van der Waals surface area (Å²) in [4.78, 5) is 0. The van der Waals surface area contributed by atoms with Gasteiger partial charge in [-0.15, -0.1) is 0 Å². The average Bonchev–Trinajstić information content (AvgIpc) is 3.02.